The van der Waals surface area contributed by atoms with Crippen molar-refractivity contribution in [2.24, 2.45) is 11.7 Å². The molecule has 2 aromatic rings. The van der Waals surface area contributed by atoms with Crippen LogP contribution in [0.1, 0.15) is 16.8 Å². The summed E-state index contributed by atoms with van der Waals surface area (Å²) in [6.07, 6.45) is 0.00485. The molecule has 9 heteroatoms. The minimum absolute atomic E-state index is 0.00485. The van der Waals surface area contributed by atoms with Gasteiger partial charge in [0.05, 0.1) is 31.4 Å². The molecule has 3 rings (SSSR count). The van der Waals surface area contributed by atoms with Crippen LogP contribution in [0.3, 0.4) is 0 Å². The fourth-order valence-corrected chi connectivity index (χ4v) is 3.16. The fraction of sp³-hybridized carbons (Fsp3) is 0.250. The van der Waals surface area contributed by atoms with Gasteiger partial charge >= 0.3 is 0 Å². The van der Waals surface area contributed by atoms with E-state index in [0.29, 0.717) is 17.2 Å². The monoisotopic (exact) mass is 401 g/mol. The van der Waals surface area contributed by atoms with Gasteiger partial charge in [0, 0.05) is 24.7 Å². The molecule has 1 atom stereocenters. The molecule has 1 saturated heterocycles. The summed E-state index contributed by atoms with van der Waals surface area (Å²) in [6, 6.07) is 8.57. The van der Waals surface area contributed by atoms with E-state index < -0.39 is 23.5 Å². The van der Waals surface area contributed by atoms with E-state index in [1.165, 1.54) is 25.2 Å². The lowest BCUT2D eigenvalue weighted by Gasteiger charge is -2.20. The van der Waals surface area contributed by atoms with Gasteiger partial charge in [0.2, 0.25) is 11.8 Å². The Morgan fingerprint density at radius 3 is 2.59 bits per heavy atom. The topological polar surface area (TPSA) is 111 Å². The largest absolute Gasteiger partial charge is 0.497 e. The predicted octanol–water partition coefficient (Wildman–Crippen LogP) is 1.93. The Hall–Kier alpha value is -3.62. The molecule has 0 radical (unpaired) electrons. The second kappa shape index (κ2) is 8.17. The third-order valence-corrected chi connectivity index (χ3v) is 4.67. The summed E-state index contributed by atoms with van der Waals surface area (Å²) >= 11 is 0. The van der Waals surface area contributed by atoms with E-state index in [4.69, 9.17) is 15.2 Å². The molecule has 152 valence electrons. The molecular formula is C20H20FN3O5. The van der Waals surface area contributed by atoms with E-state index in [1.807, 2.05) is 0 Å². The van der Waals surface area contributed by atoms with Gasteiger partial charge in [-0.1, -0.05) is 0 Å². The van der Waals surface area contributed by atoms with E-state index in [0.717, 1.165) is 12.1 Å². The number of nitrogens with two attached hydrogens (primary N) is 1. The number of rotatable bonds is 6. The molecule has 29 heavy (non-hydrogen) atoms. The third kappa shape index (κ3) is 4.13. The summed E-state index contributed by atoms with van der Waals surface area (Å²) in [5.74, 6) is -1.97. The first-order valence-corrected chi connectivity index (χ1v) is 8.76. The van der Waals surface area contributed by atoms with Crippen molar-refractivity contribution in [3.8, 4) is 11.5 Å². The van der Waals surface area contributed by atoms with Crippen LogP contribution in [0, 0.1) is 11.7 Å². The van der Waals surface area contributed by atoms with Crippen LogP contribution in [0.15, 0.2) is 36.4 Å². The Morgan fingerprint density at radius 1 is 1.17 bits per heavy atom. The van der Waals surface area contributed by atoms with Gasteiger partial charge in [0.1, 0.15) is 17.3 Å². The molecule has 0 saturated carbocycles. The lowest BCUT2D eigenvalue weighted by Crippen LogP contribution is -2.28. The second-order valence-electron chi connectivity index (χ2n) is 6.49. The Bertz CT molecular complexity index is 979. The molecule has 8 nitrogen and oxygen atoms in total. The van der Waals surface area contributed by atoms with Crippen LogP contribution < -0.4 is 25.4 Å². The van der Waals surface area contributed by atoms with Crippen molar-refractivity contribution < 1.29 is 28.2 Å². The number of hydrogen-bond donors (Lipinski definition) is 2. The van der Waals surface area contributed by atoms with Gasteiger partial charge in [0.15, 0.2) is 0 Å². The maximum absolute atomic E-state index is 13.6. The quantitative estimate of drug-likeness (QED) is 0.768. The van der Waals surface area contributed by atoms with E-state index >= 15 is 0 Å². The van der Waals surface area contributed by atoms with Gasteiger partial charge in [-0.25, -0.2) is 4.39 Å². The summed E-state index contributed by atoms with van der Waals surface area (Å²) in [5, 5.41) is 2.60. The third-order valence-electron chi connectivity index (χ3n) is 4.67. The maximum Gasteiger partial charge on any atom is 0.251 e. The lowest BCUT2D eigenvalue weighted by molar-refractivity contribution is -0.122. The van der Waals surface area contributed by atoms with E-state index in [-0.39, 0.29) is 30.1 Å². The van der Waals surface area contributed by atoms with Crippen molar-refractivity contribution in [3.05, 3.63) is 47.8 Å². The lowest BCUT2D eigenvalue weighted by atomic mass is 10.1. The first-order chi connectivity index (χ1) is 13.8. The average Bonchev–Trinajstić information content (AvgIpc) is 3.10. The zero-order valence-corrected chi connectivity index (χ0v) is 15.9. The van der Waals surface area contributed by atoms with Crippen molar-refractivity contribution in [2.45, 2.75) is 6.42 Å². The van der Waals surface area contributed by atoms with Crippen molar-refractivity contribution in [2.75, 3.05) is 31.0 Å². The molecule has 1 unspecified atom stereocenters. The van der Waals surface area contributed by atoms with E-state index in [9.17, 15) is 18.8 Å². The van der Waals surface area contributed by atoms with Gasteiger partial charge < -0.3 is 25.4 Å². The molecule has 3 N–H and O–H groups in total. The first-order valence-electron chi connectivity index (χ1n) is 8.76. The van der Waals surface area contributed by atoms with Crippen LogP contribution in [-0.4, -0.2) is 38.5 Å². The highest BCUT2D eigenvalue weighted by molar-refractivity contribution is 6.04. The minimum Gasteiger partial charge on any atom is -0.497 e. The Labute approximate surface area is 166 Å². The van der Waals surface area contributed by atoms with Gasteiger partial charge in [-0.3, -0.25) is 14.4 Å². The number of nitrogens with zero attached hydrogens (tertiary/aromatic N) is 1. The molecule has 0 bridgehead atoms. The molecule has 0 aliphatic carbocycles. The number of ether oxygens (including phenoxy) is 2. The van der Waals surface area contributed by atoms with Crippen molar-refractivity contribution in [1.29, 1.82) is 0 Å². The molecule has 2 aromatic carbocycles. The summed E-state index contributed by atoms with van der Waals surface area (Å²) in [6.45, 7) is 0.150. The summed E-state index contributed by atoms with van der Waals surface area (Å²) in [7, 11) is 3.00. The molecule has 1 aliphatic heterocycles. The number of hydrogen-bond acceptors (Lipinski definition) is 5. The van der Waals surface area contributed by atoms with Gasteiger partial charge in [-0.05, 0) is 30.3 Å². The van der Waals surface area contributed by atoms with Gasteiger partial charge in [-0.2, -0.15) is 0 Å². The van der Waals surface area contributed by atoms with Gasteiger partial charge in [0.25, 0.3) is 5.91 Å². The molecule has 0 aromatic heterocycles. The zero-order chi connectivity index (χ0) is 21.1. The summed E-state index contributed by atoms with van der Waals surface area (Å²) < 4.78 is 24.1. The first kappa shape index (κ1) is 20.1. The number of benzene rings is 2. The smallest absolute Gasteiger partial charge is 0.251 e. The minimum atomic E-state index is -0.938. The highest BCUT2D eigenvalue weighted by Gasteiger charge is 2.36. The molecule has 0 spiro atoms. The summed E-state index contributed by atoms with van der Waals surface area (Å²) in [5.41, 5.74) is 5.55. The number of carbonyl (C=O) groups excluding carboxylic acids is 3. The number of anilines is 2. The van der Waals surface area contributed by atoms with Crippen molar-refractivity contribution in [3.63, 3.8) is 0 Å². The average molecular weight is 401 g/mol. The van der Waals surface area contributed by atoms with Crippen LogP contribution in [-0.2, 0) is 9.59 Å². The number of nitrogens with one attached hydrogen (secondary N) is 1. The number of carbonyl (C=O) groups is 3. The Morgan fingerprint density at radius 2 is 1.93 bits per heavy atom. The highest BCUT2D eigenvalue weighted by atomic mass is 19.1. The number of methoxy groups -OCH3 is 2. The van der Waals surface area contributed by atoms with E-state index in [1.54, 1.807) is 18.2 Å². The molecule has 3 amide bonds. The van der Waals surface area contributed by atoms with Crippen molar-refractivity contribution in [1.82, 2.24) is 0 Å². The molecule has 1 fully saturated rings. The Balaban J connectivity index is 1.76. The maximum atomic E-state index is 13.6. The number of primary amides is 1. The van der Waals surface area contributed by atoms with E-state index in [2.05, 4.69) is 5.32 Å². The van der Waals surface area contributed by atoms with Crippen molar-refractivity contribution >= 4 is 29.1 Å². The molecule has 1 heterocycles. The van der Waals surface area contributed by atoms with Crippen LogP contribution in [0.2, 0.25) is 0 Å². The highest BCUT2D eigenvalue weighted by Crippen LogP contribution is 2.36. The Kier molecular flexibility index (Phi) is 5.67. The van der Waals surface area contributed by atoms with Crippen LogP contribution in [0.4, 0.5) is 15.8 Å². The van der Waals surface area contributed by atoms with Crippen LogP contribution >= 0.6 is 0 Å². The molecular weight excluding hydrogens is 381 g/mol. The predicted molar refractivity (Wildman–Crippen MR) is 104 cm³/mol. The fourth-order valence-electron chi connectivity index (χ4n) is 3.16. The number of halogens is 1. The van der Waals surface area contributed by atoms with Crippen LogP contribution in [0.25, 0.3) is 0 Å². The standard InChI is InChI=1S/C20H20FN3O5/c1-28-13-4-6-16(17(9-13)29-2)24-10-11(7-18(24)25)20(27)23-12-3-5-15(21)14(8-12)19(22)26/h3-6,8-9,11H,7,10H2,1-2H3,(H2,22,26)(H,23,27). The SMILES string of the molecule is COc1ccc(N2CC(C(=O)Nc3ccc(F)c(C(N)=O)c3)CC2=O)c(OC)c1. The zero-order valence-electron chi connectivity index (χ0n) is 15.9. The molecule has 1 aliphatic rings. The van der Waals surface area contributed by atoms with Crippen LogP contribution in [0.5, 0.6) is 11.5 Å². The normalized spacial score (nSPS) is 15.9. The summed E-state index contributed by atoms with van der Waals surface area (Å²) in [4.78, 5) is 37.8. The number of amides is 3. The van der Waals surface area contributed by atoms with Gasteiger partial charge in [-0.15, -0.1) is 0 Å². The second-order valence-corrected chi connectivity index (χ2v) is 6.49.